The summed E-state index contributed by atoms with van der Waals surface area (Å²) in [6, 6.07) is 27.6. The van der Waals surface area contributed by atoms with Gasteiger partial charge in [0.25, 0.3) is 5.56 Å². The molecule has 1 amide bonds. The van der Waals surface area contributed by atoms with Crippen LogP contribution in [0.1, 0.15) is 43.7 Å². The number of anilines is 1. The molecule has 1 saturated heterocycles. The zero-order chi connectivity index (χ0) is 40.2. The Morgan fingerprint density at radius 1 is 0.927 bits per heavy atom. The van der Waals surface area contributed by atoms with Gasteiger partial charge in [0.1, 0.15) is 12.2 Å². The number of hydrogen-bond acceptors (Lipinski definition) is 10. The minimum Gasteiger partial charge on any atom is -0.394 e. The van der Waals surface area contributed by atoms with Gasteiger partial charge in [-0.1, -0.05) is 104 Å². The highest BCUT2D eigenvalue weighted by atomic mass is 19.4. The van der Waals surface area contributed by atoms with Crippen LogP contribution in [-0.2, 0) is 30.1 Å². The molecule has 0 unspecified atom stereocenters. The quantitative estimate of drug-likeness (QED) is 0.0557. The Hall–Kier alpha value is -5.13. The van der Waals surface area contributed by atoms with E-state index in [4.69, 9.17) is 19.2 Å². The third-order valence-corrected chi connectivity index (χ3v) is 9.96. The molecule has 55 heavy (non-hydrogen) atoms. The van der Waals surface area contributed by atoms with Crippen LogP contribution < -0.4 is 16.2 Å². The highest BCUT2D eigenvalue weighted by Gasteiger charge is 2.78. The third kappa shape index (κ3) is 6.78. The van der Waals surface area contributed by atoms with Crippen LogP contribution in [0.3, 0.4) is 0 Å². The van der Waals surface area contributed by atoms with Gasteiger partial charge < -0.3 is 35.1 Å². The third-order valence-electron chi connectivity index (χ3n) is 9.96. The van der Waals surface area contributed by atoms with Gasteiger partial charge >= 0.3 is 12.1 Å². The predicted molar refractivity (Wildman–Crippen MR) is 196 cm³/mol. The van der Waals surface area contributed by atoms with Crippen LogP contribution in [0.2, 0.25) is 0 Å². The van der Waals surface area contributed by atoms with E-state index in [1.54, 1.807) is 0 Å². The van der Waals surface area contributed by atoms with Gasteiger partial charge in [0.2, 0.25) is 17.5 Å². The number of rotatable bonds is 16. The number of aromatic nitrogens is 4. The fourth-order valence-corrected chi connectivity index (χ4v) is 7.64. The van der Waals surface area contributed by atoms with E-state index in [1.165, 1.54) is 25.1 Å². The number of H-pyrrole nitrogens is 1. The van der Waals surface area contributed by atoms with Gasteiger partial charge in [0, 0.05) is 27.3 Å². The molecule has 0 saturated carbocycles. The van der Waals surface area contributed by atoms with Crippen molar-refractivity contribution in [2.45, 2.75) is 61.0 Å². The van der Waals surface area contributed by atoms with Gasteiger partial charge in [-0.2, -0.15) is 18.2 Å². The number of aliphatic hydroxyl groups excluding tert-OH is 1. The van der Waals surface area contributed by atoms with Gasteiger partial charge in [-0.25, -0.2) is 4.98 Å². The molecule has 0 spiro atoms. The maximum atomic E-state index is 13.7. The molecule has 0 radical (unpaired) electrons. The summed E-state index contributed by atoms with van der Waals surface area (Å²) in [5.41, 5.74) is -2.93. The SMILES string of the molecule is [2H][C@@]1(O)[C@@H](CO)O[C@](n2cnc3c(=O)[nH]c(NCCCCCCNC(=O)C(F)(F)F)nc32)(C(c2ccccc2)(c2ccccc2)c2ccccc2)C1(OC)OC. The van der Waals surface area contributed by atoms with Crippen molar-refractivity contribution in [3.8, 4) is 0 Å². The van der Waals surface area contributed by atoms with Gasteiger partial charge in [-0.15, -0.1) is 0 Å². The summed E-state index contributed by atoms with van der Waals surface area (Å²) < 4.78 is 67.7. The number of imidazole rings is 1. The number of benzene rings is 3. The molecule has 292 valence electrons. The Labute approximate surface area is 315 Å². The Kier molecular flexibility index (Phi) is 11.3. The van der Waals surface area contributed by atoms with Crippen molar-refractivity contribution < 1.29 is 43.8 Å². The summed E-state index contributed by atoms with van der Waals surface area (Å²) in [4.78, 5) is 36.7. The number of carbonyl (C=O) groups is 1. The second-order valence-electron chi connectivity index (χ2n) is 13.0. The minimum atomic E-state index is -4.93. The lowest BCUT2D eigenvalue weighted by molar-refractivity contribution is -0.337. The van der Waals surface area contributed by atoms with Crippen LogP contribution in [0.15, 0.2) is 102 Å². The number of alkyl halides is 3. The molecule has 13 nitrogen and oxygen atoms in total. The zero-order valence-corrected chi connectivity index (χ0v) is 30.2. The zero-order valence-electron chi connectivity index (χ0n) is 31.2. The first-order valence-electron chi connectivity index (χ1n) is 18.2. The van der Waals surface area contributed by atoms with Crippen molar-refractivity contribution in [3.63, 3.8) is 0 Å². The molecule has 3 aromatic carbocycles. The van der Waals surface area contributed by atoms with Crippen molar-refractivity contribution in [1.29, 1.82) is 0 Å². The smallest absolute Gasteiger partial charge is 0.394 e. The first-order chi connectivity index (χ1) is 26.9. The maximum Gasteiger partial charge on any atom is 0.471 e. The van der Waals surface area contributed by atoms with E-state index in [0.29, 0.717) is 48.9 Å². The highest BCUT2D eigenvalue weighted by Crippen LogP contribution is 2.62. The molecule has 5 aromatic rings. The highest BCUT2D eigenvalue weighted by molar-refractivity contribution is 5.81. The Bertz CT molecular complexity index is 2050. The average Bonchev–Trinajstić information content (AvgIpc) is 3.72. The fraction of sp³-hybridized carbons (Fsp3) is 0.385. The van der Waals surface area contributed by atoms with E-state index in [1.807, 2.05) is 96.3 Å². The van der Waals surface area contributed by atoms with Crippen LogP contribution in [0.25, 0.3) is 11.2 Å². The van der Waals surface area contributed by atoms with E-state index < -0.39 is 53.4 Å². The van der Waals surface area contributed by atoms with Crippen LogP contribution in [-0.4, -0.2) is 93.7 Å². The van der Waals surface area contributed by atoms with Gasteiger partial charge in [0.05, 0.1) is 19.7 Å². The Morgan fingerprint density at radius 2 is 1.45 bits per heavy atom. The summed E-state index contributed by atoms with van der Waals surface area (Å²) in [6.07, 6.45) is -6.08. The fourth-order valence-electron chi connectivity index (χ4n) is 7.64. The lowest BCUT2D eigenvalue weighted by atomic mass is 9.59. The van der Waals surface area contributed by atoms with Crippen molar-refractivity contribution in [2.24, 2.45) is 0 Å². The predicted octanol–water partition coefficient (Wildman–Crippen LogP) is 4.20. The standard InChI is InChI=1S/C39H43F3N6O7/c1-53-37(54-2)31(50)29(24-49)55-39(37,36(26-16-8-5-9-17-26,27-18-10-6-11-19-27)28-20-12-7-13-21-28)48-25-45-30-32(48)46-35(47-33(30)51)44-23-15-4-3-14-22-43-34(52)38(40,41)42/h5-13,16-21,25,29,31,49-50H,3-4,14-15,22-24H2,1-2H3,(H,43,52)(H2,44,46,47,51)/t29-,31-,39-/m1/s1/i31D. The molecule has 3 heterocycles. The molecule has 1 aliphatic rings. The molecular formula is C39H43F3N6O7. The first kappa shape index (κ1) is 38.2. The molecule has 5 N–H and O–H groups in total. The lowest BCUT2D eigenvalue weighted by Gasteiger charge is -2.55. The van der Waals surface area contributed by atoms with E-state index >= 15 is 0 Å². The summed E-state index contributed by atoms with van der Waals surface area (Å²) >= 11 is 0. The largest absolute Gasteiger partial charge is 0.471 e. The number of hydrogen-bond donors (Lipinski definition) is 5. The van der Waals surface area contributed by atoms with Crippen LogP contribution in [0.4, 0.5) is 19.1 Å². The second-order valence-corrected chi connectivity index (χ2v) is 13.0. The van der Waals surface area contributed by atoms with Crippen LogP contribution in [0, 0.1) is 0 Å². The monoisotopic (exact) mass is 765 g/mol. The number of carbonyl (C=O) groups excluding carboxylic acids is 1. The minimum absolute atomic E-state index is 0.0415. The molecule has 16 heteroatoms. The summed E-state index contributed by atoms with van der Waals surface area (Å²) in [5, 5.41) is 28.0. The van der Waals surface area contributed by atoms with Gasteiger partial charge in [-0.3, -0.25) is 19.1 Å². The second kappa shape index (κ2) is 16.3. The normalized spacial score (nSPS) is 21.4. The average molecular weight is 766 g/mol. The van der Waals surface area contributed by atoms with Gasteiger partial charge in [-0.05, 0) is 29.5 Å². The Balaban J connectivity index is 1.53. The van der Waals surface area contributed by atoms with Crippen LogP contribution >= 0.6 is 0 Å². The molecule has 0 aliphatic carbocycles. The molecule has 2 aromatic heterocycles. The van der Waals surface area contributed by atoms with E-state index in [2.05, 4.69) is 15.3 Å². The van der Waals surface area contributed by atoms with Crippen molar-refractivity contribution in [3.05, 3.63) is 124 Å². The first-order valence-corrected chi connectivity index (χ1v) is 17.7. The van der Waals surface area contributed by atoms with Crippen molar-refractivity contribution in [2.75, 3.05) is 39.2 Å². The van der Waals surface area contributed by atoms with E-state index in [0.717, 1.165) is 0 Å². The number of methoxy groups -OCH3 is 2. The Morgan fingerprint density at radius 3 is 1.95 bits per heavy atom. The molecule has 1 fully saturated rings. The number of nitrogens with zero attached hydrogens (tertiary/aromatic N) is 3. The maximum absolute atomic E-state index is 13.7. The number of ether oxygens (including phenoxy) is 3. The number of unbranched alkanes of at least 4 members (excludes halogenated alkanes) is 3. The van der Waals surface area contributed by atoms with Crippen molar-refractivity contribution >= 4 is 23.0 Å². The van der Waals surface area contributed by atoms with Gasteiger partial charge in [0.15, 0.2) is 11.2 Å². The van der Waals surface area contributed by atoms with Crippen molar-refractivity contribution in [1.82, 2.24) is 24.8 Å². The number of fused-ring (bicyclic) bond motifs is 1. The molecule has 1 aliphatic heterocycles. The number of aliphatic hydroxyl groups is 2. The molecule has 3 atom stereocenters. The van der Waals surface area contributed by atoms with E-state index in [9.17, 15) is 34.3 Å². The number of aromatic amines is 1. The molecule has 6 rings (SSSR count). The van der Waals surface area contributed by atoms with E-state index in [-0.39, 0.29) is 23.7 Å². The summed E-state index contributed by atoms with van der Waals surface area (Å²) in [6.45, 7) is -0.649. The summed E-state index contributed by atoms with van der Waals surface area (Å²) in [5.74, 6) is -4.44. The molecule has 0 bridgehead atoms. The topological polar surface area (TPSA) is 173 Å². The number of amides is 1. The number of halogens is 3. The van der Waals surface area contributed by atoms with Crippen LogP contribution in [0.5, 0.6) is 0 Å². The molecular weight excluding hydrogens is 721 g/mol. The summed E-state index contributed by atoms with van der Waals surface area (Å²) in [7, 11) is 2.51. The number of nitrogens with one attached hydrogen (secondary N) is 3. The lowest BCUT2D eigenvalue weighted by Crippen LogP contribution is -2.69.